The molecular weight excluding hydrogens is 308 g/mol. The van der Waals surface area contributed by atoms with Gasteiger partial charge in [0.1, 0.15) is 5.75 Å². The Morgan fingerprint density at radius 2 is 1.71 bits per heavy atom. The van der Waals surface area contributed by atoms with Gasteiger partial charge in [-0.15, -0.1) is 11.6 Å². The first-order valence-corrected chi connectivity index (χ1v) is 8.74. The number of alkyl halides is 1. The van der Waals surface area contributed by atoms with Crippen LogP contribution in [0.4, 0.5) is 0 Å². The summed E-state index contributed by atoms with van der Waals surface area (Å²) in [7, 11) is -1.60. The molecule has 1 unspecified atom stereocenters. The number of aryl methyl sites for hydroxylation is 1. The Hall–Kier alpha value is -1.52. The highest BCUT2D eigenvalue weighted by Gasteiger charge is 2.17. The van der Waals surface area contributed by atoms with E-state index < -0.39 is 15.2 Å². The Morgan fingerprint density at radius 3 is 2.24 bits per heavy atom. The van der Waals surface area contributed by atoms with Crippen molar-refractivity contribution < 1.29 is 13.2 Å². The summed E-state index contributed by atoms with van der Waals surface area (Å²) in [5, 5.41) is -0.395. The molecule has 0 spiro atoms. The normalized spacial score (nSPS) is 13.0. The van der Waals surface area contributed by atoms with E-state index >= 15 is 0 Å². The smallest absolute Gasteiger partial charge is 0.175 e. The van der Waals surface area contributed by atoms with Crippen molar-refractivity contribution in [2.24, 2.45) is 0 Å². The van der Waals surface area contributed by atoms with E-state index in [0.29, 0.717) is 5.75 Å². The molecule has 2 rings (SSSR count). The minimum Gasteiger partial charge on any atom is -0.496 e. The second-order valence-electron chi connectivity index (χ2n) is 4.95. The Bertz CT molecular complexity index is 737. The topological polar surface area (TPSA) is 43.4 Å². The standard InChI is InChI=1S/C16H17ClO3S/c1-11-4-9-15(20-2)14(10-11)16(17)12-5-7-13(8-6-12)21(3,18)19/h4-10,16H,1-3H3. The quantitative estimate of drug-likeness (QED) is 0.805. The van der Waals surface area contributed by atoms with Crippen LogP contribution < -0.4 is 4.74 Å². The van der Waals surface area contributed by atoms with Gasteiger partial charge in [-0.25, -0.2) is 8.42 Å². The van der Waals surface area contributed by atoms with Crippen LogP contribution in [0.15, 0.2) is 47.4 Å². The molecule has 3 nitrogen and oxygen atoms in total. The fourth-order valence-electron chi connectivity index (χ4n) is 2.12. The fraction of sp³-hybridized carbons (Fsp3) is 0.250. The summed E-state index contributed by atoms with van der Waals surface area (Å²) in [5.41, 5.74) is 2.78. The maximum absolute atomic E-state index is 11.5. The lowest BCUT2D eigenvalue weighted by Crippen LogP contribution is -2.00. The minimum atomic E-state index is -3.20. The third kappa shape index (κ3) is 3.57. The molecule has 2 aromatic rings. The van der Waals surface area contributed by atoms with Gasteiger partial charge in [-0.2, -0.15) is 0 Å². The zero-order valence-electron chi connectivity index (χ0n) is 12.1. The molecule has 21 heavy (non-hydrogen) atoms. The van der Waals surface area contributed by atoms with Gasteiger partial charge in [0.15, 0.2) is 9.84 Å². The number of methoxy groups -OCH3 is 1. The van der Waals surface area contributed by atoms with Gasteiger partial charge in [-0.3, -0.25) is 0 Å². The summed E-state index contributed by atoms with van der Waals surface area (Å²) >= 11 is 6.52. The molecule has 1 atom stereocenters. The average molecular weight is 325 g/mol. The molecule has 0 saturated heterocycles. The van der Waals surface area contributed by atoms with Crippen LogP contribution in [0, 0.1) is 6.92 Å². The number of rotatable bonds is 4. The van der Waals surface area contributed by atoms with Crippen molar-refractivity contribution in [3.63, 3.8) is 0 Å². The Kier molecular flexibility index (Phi) is 4.59. The van der Waals surface area contributed by atoms with Gasteiger partial charge >= 0.3 is 0 Å². The predicted molar refractivity (Wildman–Crippen MR) is 85.0 cm³/mol. The van der Waals surface area contributed by atoms with Gasteiger partial charge in [0.25, 0.3) is 0 Å². The molecule has 112 valence electrons. The van der Waals surface area contributed by atoms with Gasteiger partial charge in [0.05, 0.1) is 17.4 Å². The van der Waals surface area contributed by atoms with E-state index in [4.69, 9.17) is 16.3 Å². The van der Waals surface area contributed by atoms with Gasteiger partial charge in [-0.05, 0) is 30.7 Å². The number of sulfone groups is 1. The second-order valence-corrected chi connectivity index (χ2v) is 7.40. The zero-order valence-corrected chi connectivity index (χ0v) is 13.7. The maximum atomic E-state index is 11.5. The Labute approximate surface area is 130 Å². The molecule has 0 N–H and O–H groups in total. The van der Waals surface area contributed by atoms with Gasteiger partial charge in [0, 0.05) is 11.8 Å². The molecule has 0 fully saturated rings. The monoisotopic (exact) mass is 324 g/mol. The van der Waals surface area contributed by atoms with E-state index in [2.05, 4.69) is 0 Å². The van der Waals surface area contributed by atoms with E-state index in [1.165, 1.54) is 6.26 Å². The third-order valence-electron chi connectivity index (χ3n) is 3.26. The van der Waals surface area contributed by atoms with Crippen LogP contribution in [0.3, 0.4) is 0 Å². The Balaban J connectivity index is 2.40. The number of benzene rings is 2. The van der Waals surface area contributed by atoms with Gasteiger partial charge < -0.3 is 4.74 Å². The number of hydrogen-bond acceptors (Lipinski definition) is 3. The highest BCUT2D eigenvalue weighted by Crippen LogP contribution is 2.35. The Morgan fingerprint density at radius 1 is 1.10 bits per heavy atom. The van der Waals surface area contributed by atoms with Crippen LogP contribution in [-0.2, 0) is 9.84 Å². The third-order valence-corrected chi connectivity index (χ3v) is 4.87. The zero-order chi connectivity index (χ0) is 15.6. The maximum Gasteiger partial charge on any atom is 0.175 e. The molecule has 0 aliphatic carbocycles. The molecule has 0 aliphatic rings. The summed E-state index contributed by atoms with van der Waals surface area (Å²) < 4.78 is 28.3. The molecule has 0 aromatic heterocycles. The number of halogens is 1. The van der Waals surface area contributed by atoms with Gasteiger partial charge in [0.2, 0.25) is 0 Å². The van der Waals surface area contributed by atoms with Crippen molar-refractivity contribution in [3.8, 4) is 5.75 Å². The van der Waals surface area contributed by atoms with E-state index in [1.807, 2.05) is 25.1 Å². The van der Waals surface area contributed by atoms with E-state index in [9.17, 15) is 8.42 Å². The lowest BCUT2D eigenvalue weighted by molar-refractivity contribution is 0.410. The fourth-order valence-corrected chi connectivity index (χ4v) is 3.06. The SMILES string of the molecule is COc1ccc(C)cc1C(Cl)c1ccc(S(C)(=O)=O)cc1. The molecule has 0 bridgehead atoms. The lowest BCUT2D eigenvalue weighted by Gasteiger charge is -2.15. The summed E-state index contributed by atoms with van der Waals surface area (Å²) in [5.74, 6) is 0.716. The van der Waals surface area contributed by atoms with Crippen LogP contribution in [0.5, 0.6) is 5.75 Å². The van der Waals surface area contributed by atoms with Crippen LogP contribution >= 0.6 is 11.6 Å². The van der Waals surface area contributed by atoms with Crippen molar-refractivity contribution in [1.29, 1.82) is 0 Å². The number of ether oxygens (including phenoxy) is 1. The lowest BCUT2D eigenvalue weighted by atomic mass is 10.0. The van der Waals surface area contributed by atoms with E-state index in [0.717, 1.165) is 16.7 Å². The largest absolute Gasteiger partial charge is 0.496 e. The summed E-state index contributed by atoms with van der Waals surface area (Å²) in [6, 6.07) is 12.4. The summed E-state index contributed by atoms with van der Waals surface area (Å²) in [6.07, 6.45) is 1.18. The first kappa shape index (κ1) is 15.9. The number of hydrogen-bond donors (Lipinski definition) is 0. The second kappa shape index (κ2) is 6.08. The predicted octanol–water partition coefficient (Wildman–Crippen LogP) is 3.74. The van der Waals surface area contributed by atoms with Crippen molar-refractivity contribution in [1.82, 2.24) is 0 Å². The van der Waals surface area contributed by atoms with Crippen molar-refractivity contribution in [3.05, 3.63) is 59.2 Å². The summed E-state index contributed by atoms with van der Waals surface area (Å²) in [4.78, 5) is 0.284. The average Bonchev–Trinajstić information content (AvgIpc) is 2.45. The highest BCUT2D eigenvalue weighted by atomic mass is 35.5. The molecule has 0 heterocycles. The highest BCUT2D eigenvalue weighted by molar-refractivity contribution is 7.90. The first-order valence-electron chi connectivity index (χ1n) is 6.41. The van der Waals surface area contributed by atoms with E-state index in [1.54, 1.807) is 31.4 Å². The molecule has 0 saturated carbocycles. The van der Waals surface area contributed by atoms with Crippen LogP contribution in [-0.4, -0.2) is 21.8 Å². The molecule has 0 radical (unpaired) electrons. The summed E-state index contributed by atoms with van der Waals surface area (Å²) in [6.45, 7) is 1.99. The van der Waals surface area contributed by atoms with Crippen molar-refractivity contribution in [2.75, 3.05) is 13.4 Å². The molecule has 0 amide bonds. The van der Waals surface area contributed by atoms with Crippen molar-refractivity contribution in [2.45, 2.75) is 17.2 Å². The molecule has 5 heteroatoms. The van der Waals surface area contributed by atoms with Gasteiger partial charge in [-0.1, -0.05) is 29.8 Å². The van der Waals surface area contributed by atoms with Crippen LogP contribution in [0.1, 0.15) is 22.1 Å². The van der Waals surface area contributed by atoms with E-state index in [-0.39, 0.29) is 4.90 Å². The van der Waals surface area contributed by atoms with Crippen LogP contribution in [0.2, 0.25) is 0 Å². The van der Waals surface area contributed by atoms with Crippen molar-refractivity contribution >= 4 is 21.4 Å². The first-order chi connectivity index (χ1) is 9.82. The molecule has 2 aromatic carbocycles. The minimum absolute atomic E-state index is 0.284. The molecule has 0 aliphatic heterocycles. The molecular formula is C16H17ClO3S. The van der Waals surface area contributed by atoms with Crippen LogP contribution in [0.25, 0.3) is 0 Å².